The Labute approximate surface area is 329 Å². The molecule has 11 rings (SSSR count). The molecule has 0 radical (unpaired) electrons. The summed E-state index contributed by atoms with van der Waals surface area (Å²) in [4.78, 5) is 14.2. The lowest BCUT2D eigenvalue weighted by Crippen LogP contribution is -2.61. The van der Waals surface area contributed by atoms with Gasteiger partial charge >= 0.3 is 0 Å². The molecule has 12 bridgehead atoms. The standard InChI is InChI=1S/C45H59FO10/c1-22-15-29-9-11-34-23(2)16-31(49-34)13-14-45-21-39-41(55-45)42-43(54-39)44(56-45)40-35(53-42)12-10-30(51-40)17-28(47)18-32-25(4)36(52-38(32)20-37(50-29)24(22)3)19-33(48)26-5-7-27(46)8-6-26/h5-8,22,25,29-44,48H,2-3,9-21H2,1,4H3. The van der Waals surface area contributed by atoms with Crippen molar-refractivity contribution in [2.24, 2.45) is 17.8 Å². The van der Waals surface area contributed by atoms with Gasteiger partial charge in [0.15, 0.2) is 5.79 Å². The number of rotatable bonds is 3. The Hall–Kier alpha value is -2.06. The van der Waals surface area contributed by atoms with Gasteiger partial charge in [-0.2, -0.15) is 0 Å². The molecule has 1 N–H and O–H groups in total. The molecule has 1 aromatic carbocycles. The van der Waals surface area contributed by atoms with Gasteiger partial charge in [-0.05, 0) is 91.5 Å². The second-order valence-corrected chi connectivity index (χ2v) is 18.8. The van der Waals surface area contributed by atoms with E-state index in [1.807, 2.05) is 0 Å². The van der Waals surface area contributed by atoms with Crippen molar-refractivity contribution in [1.82, 2.24) is 0 Å². The summed E-state index contributed by atoms with van der Waals surface area (Å²) in [5.41, 5.74) is 2.85. The Morgan fingerprint density at radius 3 is 2.32 bits per heavy atom. The molecule has 0 amide bonds. The number of benzene rings is 1. The van der Waals surface area contributed by atoms with Crippen molar-refractivity contribution in [3.05, 3.63) is 60.0 Å². The van der Waals surface area contributed by atoms with Crippen LogP contribution in [0.2, 0.25) is 0 Å². The van der Waals surface area contributed by atoms with Crippen LogP contribution in [0.4, 0.5) is 4.39 Å². The maximum Gasteiger partial charge on any atom is 0.172 e. The third kappa shape index (κ3) is 6.98. The summed E-state index contributed by atoms with van der Waals surface area (Å²) in [6.07, 6.45) is 5.34. The first-order chi connectivity index (χ1) is 27.0. The topological polar surface area (TPSA) is 111 Å². The van der Waals surface area contributed by atoms with Crippen molar-refractivity contribution in [2.75, 3.05) is 0 Å². The highest BCUT2D eigenvalue weighted by atomic mass is 19.1. The molecule has 10 heterocycles. The van der Waals surface area contributed by atoms with Crippen molar-refractivity contribution < 1.29 is 52.2 Å². The summed E-state index contributed by atoms with van der Waals surface area (Å²) in [7, 11) is 0. The maximum atomic E-state index is 14.2. The smallest absolute Gasteiger partial charge is 0.172 e. The number of hydrogen-bond donors (Lipinski definition) is 1. The molecule has 19 unspecified atom stereocenters. The summed E-state index contributed by atoms with van der Waals surface area (Å²) in [5.74, 6) is -0.809. The van der Waals surface area contributed by atoms with Crippen LogP contribution >= 0.6 is 0 Å². The number of carbonyl (C=O) groups is 1. The molecule has 0 saturated carbocycles. The van der Waals surface area contributed by atoms with Gasteiger partial charge < -0.3 is 43.0 Å². The fourth-order valence-electron chi connectivity index (χ4n) is 12.0. The van der Waals surface area contributed by atoms with Gasteiger partial charge in [0.05, 0.1) is 61.0 Å². The van der Waals surface area contributed by atoms with Gasteiger partial charge in [0, 0.05) is 38.5 Å². The average Bonchev–Trinajstić information content (AvgIpc) is 3.84. The molecule has 0 aromatic heterocycles. The third-order valence-corrected chi connectivity index (χ3v) is 15.1. The summed E-state index contributed by atoms with van der Waals surface area (Å²) >= 11 is 0. The van der Waals surface area contributed by atoms with E-state index in [0.717, 1.165) is 56.1 Å². The molecule has 56 heavy (non-hydrogen) atoms. The predicted octanol–water partition coefficient (Wildman–Crippen LogP) is 6.61. The minimum atomic E-state index is -0.826. The number of aliphatic hydroxyl groups excluding tert-OH is 1. The quantitative estimate of drug-likeness (QED) is 0.337. The summed E-state index contributed by atoms with van der Waals surface area (Å²) in [5, 5.41) is 11.3. The molecule has 10 aliphatic rings. The van der Waals surface area contributed by atoms with Gasteiger partial charge in [0.2, 0.25) is 0 Å². The summed E-state index contributed by atoms with van der Waals surface area (Å²) in [6.45, 7) is 13.3. The first-order valence-corrected chi connectivity index (χ1v) is 21.6. The summed E-state index contributed by atoms with van der Waals surface area (Å²) < 4.78 is 68.0. The number of aliphatic hydroxyl groups is 1. The highest BCUT2D eigenvalue weighted by Crippen LogP contribution is 2.54. The van der Waals surface area contributed by atoms with Crippen LogP contribution in [-0.2, 0) is 42.7 Å². The zero-order valence-corrected chi connectivity index (χ0v) is 32.8. The molecule has 10 fully saturated rings. The van der Waals surface area contributed by atoms with Crippen molar-refractivity contribution in [2.45, 2.75) is 195 Å². The zero-order chi connectivity index (χ0) is 38.5. The Balaban J connectivity index is 0.917. The SMILES string of the molecule is C=C1CC2CCC34CC5OC6C(OC7CCC(CC(=O)CC8C(CC9OC(CCC1O2)CC(C)C9=C)OC(CC(O)c1ccc(F)cc1)C8C)OC7C6O3)C5O4. The number of ether oxygens (including phenoxy) is 8. The molecule has 1 spiro atoms. The first kappa shape index (κ1) is 38.2. The molecule has 1 aromatic rings. The Kier molecular flexibility index (Phi) is 10.1. The van der Waals surface area contributed by atoms with Crippen LogP contribution in [0.5, 0.6) is 0 Å². The van der Waals surface area contributed by atoms with Gasteiger partial charge in [-0.3, -0.25) is 4.79 Å². The molecule has 10 aliphatic heterocycles. The van der Waals surface area contributed by atoms with E-state index in [4.69, 9.17) is 37.9 Å². The first-order valence-electron chi connectivity index (χ1n) is 21.6. The van der Waals surface area contributed by atoms with Gasteiger partial charge in [0.25, 0.3) is 0 Å². The maximum absolute atomic E-state index is 14.2. The highest BCUT2D eigenvalue weighted by Gasteiger charge is 2.68. The van der Waals surface area contributed by atoms with Gasteiger partial charge in [0.1, 0.15) is 42.1 Å². The molecular weight excluding hydrogens is 719 g/mol. The Morgan fingerprint density at radius 1 is 0.750 bits per heavy atom. The fourth-order valence-corrected chi connectivity index (χ4v) is 12.0. The molecule has 19 atom stereocenters. The van der Waals surface area contributed by atoms with Crippen LogP contribution in [0, 0.1) is 23.6 Å². The summed E-state index contributed by atoms with van der Waals surface area (Å²) in [6, 6.07) is 5.98. The monoisotopic (exact) mass is 778 g/mol. The lowest BCUT2D eigenvalue weighted by Gasteiger charge is -2.47. The number of hydrogen-bond acceptors (Lipinski definition) is 10. The van der Waals surface area contributed by atoms with Crippen LogP contribution in [0.25, 0.3) is 0 Å². The molecule has 306 valence electrons. The molecule has 0 aliphatic carbocycles. The number of fused-ring (bicyclic) bond motifs is 6. The molecule has 10 saturated heterocycles. The van der Waals surface area contributed by atoms with Crippen LogP contribution in [0.15, 0.2) is 48.6 Å². The number of ketones is 1. The molecule has 10 nitrogen and oxygen atoms in total. The second kappa shape index (κ2) is 14.9. The normalized spacial score (nSPS) is 49.4. The van der Waals surface area contributed by atoms with E-state index in [2.05, 4.69) is 27.0 Å². The minimum Gasteiger partial charge on any atom is -0.388 e. The zero-order valence-electron chi connectivity index (χ0n) is 32.8. The van der Waals surface area contributed by atoms with Gasteiger partial charge in [-0.15, -0.1) is 0 Å². The lowest BCUT2D eigenvalue weighted by atomic mass is 9.78. The van der Waals surface area contributed by atoms with Crippen molar-refractivity contribution in [1.29, 1.82) is 0 Å². The van der Waals surface area contributed by atoms with E-state index in [9.17, 15) is 14.3 Å². The molecule has 11 heteroatoms. The van der Waals surface area contributed by atoms with E-state index in [1.54, 1.807) is 12.1 Å². The minimum absolute atomic E-state index is 0.0111. The number of halogens is 1. The number of carbonyl (C=O) groups excluding carboxylic acids is 1. The van der Waals surface area contributed by atoms with Crippen LogP contribution in [-0.4, -0.2) is 102 Å². The third-order valence-electron chi connectivity index (χ3n) is 15.1. The Bertz CT molecular complexity index is 1670. The average molecular weight is 779 g/mol. The van der Waals surface area contributed by atoms with E-state index < -0.39 is 11.9 Å². The highest BCUT2D eigenvalue weighted by molar-refractivity contribution is 5.79. The van der Waals surface area contributed by atoms with Crippen LogP contribution in [0.1, 0.15) is 109 Å². The number of Topliss-reactive ketones (excluding diaryl/α,β-unsaturated/α-hetero) is 1. The van der Waals surface area contributed by atoms with E-state index in [1.165, 1.54) is 12.1 Å². The van der Waals surface area contributed by atoms with Gasteiger partial charge in [-0.1, -0.05) is 39.1 Å². The van der Waals surface area contributed by atoms with Crippen LogP contribution < -0.4 is 0 Å². The van der Waals surface area contributed by atoms with Gasteiger partial charge in [-0.25, -0.2) is 4.39 Å². The largest absolute Gasteiger partial charge is 0.388 e. The van der Waals surface area contributed by atoms with Crippen LogP contribution in [0.3, 0.4) is 0 Å². The fraction of sp³-hybridized carbons (Fsp3) is 0.756. The van der Waals surface area contributed by atoms with Crippen molar-refractivity contribution >= 4 is 5.78 Å². The van der Waals surface area contributed by atoms with Crippen molar-refractivity contribution in [3.63, 3.8) is 0 Å². The van der Waals surface area contributed by atoms with Crippen molar-refractivity contribution in [3.8, 4) is 0 Å². The second-order valence-electron chi connectivity index (χ2n) is 18.8. The lowest BCUT2D eigenvalue weighted by molar-refractivity contribution is -0.292. The van der Waals surface area contributed by atoms with E-state index in [0.29, 0.717) is 44.1 Å². The Morgan fingerprint density at radius 2 is 1.48 bits per heavy atom. The van der Waals surface area contributed by atoms with E-state index in [-0.39, 0.29) is 115 Å². The molecular formula is C45H59FO10. The predicted molar refractivity (Wildman–Crippen MR) is 201 cm³/mol. The van der Waals surface area contributed by atoms with E-state index >= 15 is 0 Å².